The van der Waals surface area contributed by atoms with Gasteiger partial charge in [-0.05, 0) is 44.2 Å². The number of rotatable bonds is 3. The van der Waals surface area contributed by atoms with Crippen molar-refractivity contribution in [2.24, 2.45) is 11.1 Å². The zero-order chi connectivity index (χ0) is 18.8. The monoisotopic (exact) mass is 409 g/mol. The normalized spacial score (nSPS) is 23.9. The van der Waals surface area contributed by atoms with Gasteiger partial charge in [0.25, 0.3) is 5.91 Å². The van der Waals surface area contributed by atoms with E-state index >= 15 is 0 Å². The van der Waals surface area contributed by atoms with Crippen LogP contribution >= 0.6 is 22.9 Å². The standard InChI is InChI=1S/C19H24ClN3O3S/c20-17-5-4-16(27-17)14-12-15(26-21-14)19(25)23-10-6-13(7-11-23)18(24)22-8-2-1-3-9-22/h4-5,13,15H,1-3,6-12H2/t15-/m0/s1. The summed E-state index contributed by atoms with van der Waals surface area (Å²) >= 11 is 7.41. The van der Waals surface area contributed by atoms with Crippen molar-refractivity contribution < 1.29 is 14.4 Å². The molecule has 6 nitrogen and oxygen atoms in total. The lowest BCUT2D eigenvalue weighted by atomic mass is 9.94. The topological polar surface area (TPSA) is 62.2 Å². The molecule has 0 unspecified atom stereocenters. The molecule has 2 fully saturated rings. The molecular formula is C19H24ClN3O3S. The maximum Gasteiger partial charge on any atom is 0.266 e. The molecule has 146 valence electrons. The van der Waals surface area contributed by atoms with E-state index in [4.69, 9.17) is 16.4 Å². The molecule has 1 atom stereocenters. The van der Waals surface area contributed by atoms with Gasteiger partial charge in [-0.25, -0.2) is 0 Å². The third-order valence-corrected chi connectivity index (χ3v) is 6.91. The largest absolute Gasteiger partial charge is 0.382 e. The first-order valence-electron chi connectivity index (χ1n) is 9.68. The quantitative estimate of drug-likeness (QED) is 0.770. The highest BCUT2D eigenvalue weighted by molar-refractivity contribution is 7.18. The molecule has 3 aliphatic heterocycles. The van der Waals surface area contributed by atoms with Crippen molar-refractivity contribution in [2.45, 2.75) is 44.6 Å². The fourth-order valence-corrected chi connectivity index (χ4v) is 5.08. The summed E-state index contributed by atoms with van der Waals surface area (Å²) in [5.41, 5.74) is 0.778. The number of carbonyl (C=O) groups is 2. The Balaban J connectivity index is 1.27. The summed E-state index contributed by atoms with van der Waals surface area (Å²) in [5, 5.41) is 4.08. The van der Waals surface area contributed by atoms with Crippen molar-refractivity contribution in [1.82, 2.24) is 9.80 Å². The second-order valence-electron chi connectivity index (χ2n) is 7.43. The summed E-state index contributed by atoms with van der Waals surface area (Å²) in [6, 6.07) is 3.73. The molecule has 2 amide bonds. The zero-order valence-electron chi connectivity index (χ0n) is 15.2. The van der Waals surface area contributed by atoms with Crippen molar-refractivity contribution in [3.63, 3.8) is 0 Å². The number of nitrogens with zero attached hydrogens (tertiary/aromatic N) is 3. The smallest absolute Gasteiger partial charge is 0.266 e. The minimum absolute atomic E-state index is 0.0275. The summed E-state index contributed by atoms with van der Waals surface area (Å²) in [4.78, 5) is 35.6. The third-order valence-electron chi connectivity index (χ3n) is 5.63. The number of halogens is 1. The third kappa shape index (κ3) is 4.14. The molecule has 0 bridgehead atoms. The second kappa shape index (κ2) is 8.19. The predicted octanol–water partition coefficient (Wildman–Crippen LogP) is 3.15. The average molecular weight is 410 g/mol. The van der Waals surface area contributed by atoms with Gasteiger partial charge in [-0.1, -0.05) is 16.8 Å². The highest BCUT2D eigenvalue weighted by Gasteiger charge is 2.36. The van der Waals surface area contributed by atoms with Crippen molar-refractivity contribution >= 4 is 40.5 Å². The van der Waals surface area contributed by atoms with Gasteiger partial charge in [0.05, 0.1) is 9.21 Å². The first kappa shape index (κ1) is 18.7. The molecule has 4 heterocycles. The van der Waals surface area contributed by atoms with Crippen molar-refractivity contribution in [1.29, 1.82) is 0 Å². The van der Waals surface area contributed by atoms with Crippen LogP contribution in [0, 0.1) is 5.92 Å². The Morgan fingerprint density at radius 2 is 1.74 bits per heavy atom. The molecule has 0 spiro atoms. The SMILES string of the molecule is O=C(C1CCN(C(=O)[C@@H]2CC(c3ccc(Cl)s3)=NO2)CC1)N1CCCCC1. The van der Waals surface area contributed by atoms with Gasteiger partial charge in [-0.3, -0.25) is 9.59 Å². The van der Waals surface area contributed by atoms with E-state index in [9.17, 15) is 9.59 Å². The van der Waals surface area contributed by atoms with Gasteiger partial charge < -0.3 is 14.6 Å². The number of amides is 2. The highest BCUT2D eigenvalue weighted by Crippen LogP contribution is 2.28. The Morgan fingerprint density at radius 1 is 1.04 bits per heavy atom. The first-order chi connectivity index (χ1) is 13.1. The number of oxime groups is 1. The Bertz CT molecular complexity index is 736. The molecule has 4 rings (SSSR count). The molecule has 0 aromatic carbocycles. The molecule has 1 aromatic heterocycles. The lowest BCUT2D eigenvalue weighted by Gasteiger charge is -2.36. The van der Waals surface area contributed by atoms with Gasteiger partial charge in [-0.15, -0.1) is 11.3 Å². The van der Waals surface area contributed by atoms with Gasteiger partial charge in [0, 0.05) is 38.5 Å². The molecule has 2 saturated heterocycles. The molecule has 1 aromatic rings. The van der Waals surface area contributed by atoms with Gasteiger partial charge in [0.15, 0.2) is 0 Å². The van der Waals surface area contributed by atoms with E-state index in [0.29, 0.717) is 23.8 Å². The van der Waals surface area contributed by atoms with E-state index in [-0.39, 0.29) is 17.7 Å². The second-order valence-corrected chi connectivity index (χ2v) is 9.14. The minimum atomic E-state index is -0.560. The van der Waals surface area contributed by atoms with Crippen molar-refractivity contribution in [3.8, 4) is 0 Å². The van der Waals surface area contributed by atoms with E-state index in [0.717, 1.165) is 49.4 Å². The van der Waals surface area contributed by atoms with E-state index in [1.807, 2.05) is 21.9 Å². The molecule has 0 aliphatic carbocycles. The van der Waals surface area contributed by atoms with Crippen LogP contribution in [0.2, 0.25) is 4.34 Å². The fourth-order valence-electron chi connectivity index (χ4n) is 4.05. The average Bonchev–Trinajstić information content (AvgIpc) is 3.37. The Morgan fingerprint density at radius 3 is 2.41 bits per heavy atom. The van der Waals surface area contributed by atoms with E-state index in [1.165, 1.54) is 17.8 Å². The number of hydrogen-bond acceptors (Lipinski definition) is 5. The minimum Gasteiger partial charge on any atom is -0.382 e. The zero-order valence-corrected chi connectivity index (χ0v) is 16.8. The summed E-state index contributed by atoms with van der Waals surface area (Å²) < 4.78 is 0.697. The van der Waals surface area contributed by atoms with E-state index < -0.39 is 6.10 Å². The molecule has 0 N–H and O–H groups in total. The molecule has 0 saturated carbocycles. The Kier molecular flexibility index (Phi) is 5.68. The van der Waals surface area contributed by atoms with Gasteiger partial charge in [0.2, 0.25) is 12.0 Å². The molecular weight excluding hydrogens is 386 g/mol. The van der Waals surface area contributed by atoms with Crippen LogP contribution < -0.4 is 0 Å². The maximum atomic E-state index is 12.8. The lowest BCUT2D eigenvalue weighted by Crippen LogP contribution is -2.48. The van der Waals surface area contributed by atoms with Crippen molar-refractivity contribution in [2.75, 3.05) is 26.2 Å². The van der Waals surface area contributed by atoms with Crippen molar-refractivity contribution in [3.05, 3.63) is 21.3 Å². The molecule has 8 heteroatoms. The highest BCUT2D eigenvalue weighted by atomic mass is 35.5. The van der Waals surface area contributed by atoms with Crippen LogP contribution in [0.1, 0.15) is 43.4 Å². The maximum absolute atomic E-state index is 12.8. The Labute approximate surface area is 168 Å². The van der Waals surface area contributed by atoms with E-state index in [1.54, 1.807) is 0 Å². The number of likely N-dealkylation sites (tertiary alicyclic amines) is 2. The number of thiophene rings is 1. The summed E-state index contributed by atoms with van der Waals surface area (Å²) in [5.74, 6) is 0.302. The fraction of sp³-hybridized carbons (Fsp3) is 0.632. The molecule has 27 heavy (non-hydrogen) atoms. The summed E-state index contributed by atoms with van der Waals surface area (Å²) in [7, 11) is 0. The molecule has 0 radical (unpaired) electrons. The number of hydrogen-bond donors (Lipinski definition) is 0. The molecule has 3 aliphatic rings. The van der Waals surface area contributed by atoms with Gasteiger partial charge in [0.1, 0.15) is 5.71 Å². The van der Waals surface area contributed by atoms with Gasteiger partial charge >= 0.3 is 0 Å². The van der Waals surface area contributed by atoms with Crippen LogP contribution in [0.5, 0.6) is 0 Å². The Hall–Kier alpha value is -1.60. The number of piperidine rings is 2. The van der Waals surface area contributed by atoms with Crippen LogP contribution in [-0.4, -0.2) is 59.6 Å². The number of carbonyl (C=O) groups excluding carboxylic acids is 2. The van der Waals surface area contributed by atoms with E-state index in [2.05, 4.69) is 5.16 Å². The van der Waals surface area contributed by atoms with Crippen LogP contribution in [0.4, 0.5) is 0 Å². The lowest BCUT2D eigenvalue weighted by molar-refractivity contribution is -0.147. The van der Waals surface area contributed by atoms with Crippen LogP contribution in [0.15, 0.2) is 17.3 Å². The first-order valence-corrected chi connectivity index (χ1v) is 10.9. The summed E-state index contributed by atoms with van der Waals surface area (Å²) in [6.45, 7) is 3.01. The predicted molar refractivity (Wildman–Crippen MR) is 105 cm³/mol. The summed E-state index contributed by atoms with van der Waals surface area (Å²) in [6.07, 6.45) is 4.83. The van der Waals surface area contributed by atoms with Crippen LogP contribution in [-0.2, 0) is 14.4 Å². The van der Waals surface area contributed by atoms with Crippen LogP contribution in [0.3, 0.4) is 0 Å². The van der Waals surface area contributed by atoms with Crippen LogP contribution in [0.25, 0.3) is 0 Å². The van der Waals surface area contributed by atoms with Gasteiger partial charge in [-0.2, -0.15) is 0 Å².